The summed E-state index contributed by atoms with van der Waals surface area (Å²) in [4.78, 5) is 2.47. The van der Waals surface area contributed by atoms with E-state index in [0.717, 1.165) is 60.5 Å². The molecule has 0 spiro atoms. The number of aliphatic hydroxyl groups excluding tert-OH is 1. The SMILES string of the molecule is CCCCN1C[C@@H]2[O][Sn]([CH2]CCC)([CH2]CCC)[O][C@H]2[C@H](O)C1CO[Si](c1ccccc1)(c1ccccc1)C(C)(C)C. The van der Waals surface area contributed by atoms with Gasteiger partial charge in [-0.25, -0.2) is 0 Å². The second-order valence-corrected chi connectivity index (χ2v) is 26.9. The second-order valence-electron chi connectivity index (χ2n) is 13.2. The Morgan fingerprint density at radius 3 is 1.88 bits per heavy atom. The third-order valence-corrected chi connectivity index (χ3v) is 24.7. The van der Waals surface area contributed by atoms with Crippen LogP contribution in [0, 0.1) is 0 Å². The molecule has 4 rings (SSSR count). The van der Waals surface area contributed by atoms with Gasteiger partial charge in [0, 0.05) is 0 Å². The molecule has 0 radical (unpaired) electrons. The van der Waals surface area contributed by atoms with Crippen molar-refractivity contribution in [3.05, 3.63) is 60.7 Å². The summed E-state index contributed by atoms with van der Waals surface area (Å²) < 4.78 is 23.5. The quantitative estimate of drug-likeness (QED) is 0.239. The van der Waals surface area contributed by atoms with Crippen molar-refractivity contribution < 1.29 is 15.7 Å². The molecule has 2 aliphatic rings. The summed E-state index contributed by atoms with van der Waals surface area (Å²) in [6.07, 6.45) is 5.99. The summed E-state index contributed by atoms with van der Waals surface area (Å²) in [5.74, 6) is 0. The van der Waals surface area contributed by atoms with Gasteiger partial charge in [0.05, 0.1) is 0 Å². The fourth-order valence-electron chi connectivity index (χ4n) is 6.97. The van der Waals surface area contributed by atoms with Crippen LogP contribution >= 0.6 is 0 Å². The number of aliphatic hydroxyl groups is 1. The zero-order chi connectivity index (χ0) is 29.5. The van der Waals surface area contributed by atoms with Crippen molar-refractivity contribution >= 4 is 37.9 Å². The number of likely N-dealkylation sites (tertiary alicyclic amines) is 1. The summed E-state index contributed by atoms with van der Waals surface area (Å²) in [7, 11) is -2.72. The van der Waals surface area contributed by atoms with Gasteiger partial charge in [0.15, 0.2) is 0 Å². The molecule has 2 aromatic rings. The third-order valence-electron chi connectivity index (χ3n) is 9.21. The zero-order valence-electron chi connectivity index (χ0n) is 26.5. The molecule has 228 valence electrons. The molecule has 0 aliphatic carbocycles. The number of hydrogen-bond acceptors (Lipinski definition) is 5. The van der Waals surface area contributed by atoms with E-state index in [1.54, 1.807) is 0 Å². The molecule has 5 nitrogen and oxygen atoms in total. The van der Waals surface area contributed by atoms with Crippen molar-refractivity contribution in [2.24, 2.45) is 0 Å². The molecule has 1 unspecified atom stereocenters. The number of hydrogen-bond donors (Lipinski definition) is 1. The van der Waals surface area contributed by atoms with Gasteiger partial charge in [0.2, 0.25) is 0 Å². The first-order valence-electron chi connectivity index (χ1n) is 16.2. The van der Waals surface area contributed by atoms with E-state index in [9.17, 15) is 5.11 Å². The number of rotatable bonds is 14. The van der Waals surface area contributed by atoms with Crippen molar-refractivity contribution in [1.29, 1.82) is 0 Å². The summed E-state index contributed by atoms with van der Waals surface area (Å²) in [6.45, 7) is 16.0. The van der Waals surface area contributed by atoms with Crippen LogP contribution in [0.2, 0.25) is 13.9 Å². The van der Waals surface area contributed by atoms with Crippen LogP contribution in [0.1, 0.15) is 80.1 Å². The van der Waals surface area contributed by atoms with E-state index in [4.69, 9.17) is 10.6 Å². The number of fused-ring (bicyclic) bond motifs is 1. The zero-order valence-corrected chi connectivity index (χ0v) is 30.3. The van der Waals surface area contributed by atoms with E-state index >= 15 is 0 Å². The van der Waals surface area contributed by atoms with Gasteiger partial charge in [-0.2, -0.15) is 0 Å². The normalized spacial score (nSPS) is 24.9. The molecule has 1 N–H and O–H groups in total. The maximum atomic E-state index is 12.1. The molecule has 2 aromatic carbocycles. The van der Waals surface area contributed by atoms with Gasteiger partial charge in [-0.05, 0) is 0 Å². The minimum atomic E-state index is -3.26. The van der Waals surface area contributed by atoms with E-state index in [-0.39, 0.29) is 23.3 Å². The predicted molar refractivity (Wildman–Crippen MR) is 175 cm³/mol. The van der Waals surface area contributed by atoms with Gasteiger partial charge in [-0.1, -0.05) is 0 Å². The van der Waals surface area contributed by atoms with E-state index in [1.165, 1.54) is 10.4 Å². The topological polar surface area (TPSA) is 51.2 Å². The molecular weight excluding hydrogens is 633 g/mol. The van der Waals surface area contributed by atoms with Crippen molar-refractivity contribution in [3.63, 3.8) is 0 Å². The third kappa shape index (κ3) is 7.32. The Labute approximate surface area is 256 Å². The van der Waals surface area contributed by atoms with Crippen LogP contribution in [0.5, 0.6) is 0 Å². The van der Waals surface area contributed by atoms with Crippen LogP contribution in [-0.2, 0) is 10.6 Å². The summed E-state index contributed by atoms with van der Waals surface area (Å²) >= 11 is -3.26. The molecule has 4 atom stereocenters. The van der Waals surface area contributed by atoms with Gasteiger partial charge in [-0.15, -0.1) is 0 Å². The van der Waals surface area contributed by atoms with Gasteiger partial charge >= 0.3 is 257 Å². The van der Waals surface area contributed by atoms with Crippen LogP contribution in [0.15, 0.2) is 60.7 Å². The van der Waals surface area contributed by atoms with Crippen molar-refractivity contribution in [2.75, 3.05) is 19.7 Å². The molecule has 0 aromatic heterocycles. The van der Waals surface area contributed by atoms with Crippen molar-refractivity contribution in [2.45, 2.75) is 118 Å². The fraction of sp³-hybridized carbons (Fsp3) is 0.647. The Balaban J connectivity index is 1.67. The van der Waals surface area contributed by atoms with Crippen LogP contribution in [0.3, 0.4) is 0 Å². The van der Waals surface area contributed by atoms with Gasteiger partial charge in [0.25, 0.3) is 0 Å². The summed E-state index contributed by atoms with van der Waals surface area (Å²) in [6, 6.07) is 21.5. The average molecular weight is 689 g/mol. The van der Waals surface area contributed by atoms with Gasteiger partial charge < -0.3 is 0 Å². The monoisotopic (exact) mass is 689 g/mol. The number of unbranched alkanes of at least 4 members (excludes halogenated alkanes) is 3. The summed E-state index contributed by atoms with van der Waals surface area (Å²) in [5, 5.41) is 14.5. The second kappa shape index (κ2) is 14.8. The van der Waals surface area contributed by atoms with Crippen molar-refractivity contribution in [3.8, 4) is 0 Å². The Hall–Kier alpha value is -0.744. The Morgan fingerprint density at radius 1 is 0.854 bits per heavy atom. The Morgan fingerprint density at radius 2 is 1.39 bits per heavy atom. The van der Waals surface area contributed by atoms with E-state index in [2.05, 4.69) is 107 Å². The van der Waals surface area contributed by atoms with Gasteiger partial charge in [0.1, 0.15) is 0 Å². The molecule has 2 saturated heterocycles. The number of benzene rings is 2. The van der Waals surface area contributed by atoms with Gasteiger partial charge in [-0.3, -0.25) is 0 Å². The number of nitrogens with zero attached hydrogens (tertiary/aromatic N) is 1. The van der Waals surface area contributed by atoms with E-state index < -0.39 is 33.6 Å². The van der Waals surface area contributed by atoms with Crippen LogP contribution in [-0.4, -0.2) is 81.6 Å². The van der Waals surface area contributed by atoms with E-state index in [0.29, 0.717) is 6.61 Å². The van der Waals surface area contributed by atoms with Crippen LogP contribution < -0.4 is 10.4 Å². The molecule has 7 heteroatoms. The Bertz CT molecular complexity index is 1000. The summed E-state index contributed by atoms with van der Waals surface area (Å²) in [5.41, 5.74) is 0. The first kappa shape index (κ1) is 33.2. The molecule has 41 heavy (non-hydrogen) atoms. The number of piperidine rings is 1. The fourth-order valence-corrected chi connectivity index (χ4v) is 23.3. The molecule has 0 bridgehead atoms. The molecule has 0 amide bonds. The Kier molecular flexibility index (Phi) is 12.0. The average Bonchev–Trinajstić information content (AvgIpc) is 3.34. The molecule has 2 fully saturated rings. The molecular formula is C34H55NO4SiSn. The standard InChI is InChI=1S/C26H37NO4Si.2C4H9.Sn/c1-5-6-17-27-18-23(28)25(30)24(29)22(27)19-31-32(26(2,3)4,20-13-9-7-10-14-20)21-15-11-8-12-16-21;2*1-3-4-2;/h7-16,22-25,29H,5-6,17-19H2,1-4H3;2*1,3-4H2,2H3;/q-2;;;+2/t22?,23-,24+,25+;;;/m0.../s1. The predicted octanol–water partition coefficient (Wildman–Crippen LogP) is 6.23. The minimum absolute atomic E-state index is 0.0181. The van der Waals surface area contributed by atoms with E-state index in [1.807, 2.05) is 0 Å². The van der Waals surface area contributed by atoms with Crippen LogP contribution in [0.4, 0.5) is 0 Å². The molecule has 2 aliphatic heterocycles. The first-order chi connectivity index (χ1) is 19.7. The van der Waals surface area contributed by atoms with Crippen molar-refractivity contribution in [1.82, 2.24) is 4.90 Å². The molecule has 2 heterocycles. The maximum absolute atomic E-state index is 12.1. The van der Waals surface area contributed by atoms with Crippen LogP contribution in [0.25, 0.3) is 0 Å². The first-order valence-corrected chi connectivity index (χ1v) is 24.5. The molecule has 0 saturated carbocycles.